The van der Waals surface area contributed by atoms with Crippen molar-refractivity contribution in [2.45, 2.75) is 37.4 Å². The highest BCUT2D eigenvalue weighted by atomic mass is 33.1. The Morgan fingerprint density at radius 2 is 1.48 bits per heavy atom. The Balaban J connectivity index is 1.60. The number of rotatable bonds is 33. The molecule has 1 aliphatic heterocycles. The van der Waals surface area contributed by atoms with Crippen LogP contribution in [0, 0.1) is 0 Å². The van der Waals surface area contributed by atoms with E-state index in [-0.39, 0.29) is 49.9 Å². The van der Waals surface area contributed by atoms with Crippen molar-refractivity contribution in [3.63, 3.8) is 0 Å². The van der Waals surface area contributed by atoms with Gasteiger partial charge in [-0.05, 0) is 5.53 Å². The Hall–Kier alpha value is -2.50. The van der Waals surface area contributed by atoms with Crippen LogP contribution in [0.1, 0.15) is 24.6 Å². The number of H-pyrrole nitrogens is 1. The second kappa shape index (κ2) is 29.0. The number of carbonyl (C=O) groups is 2. The molecule has 2 unspecified atom stereocenters. The van der Waals surface area contributed by atoms with Gasteiger partial charge in [0.05, 0.1) is 65.0 Å². The molecule has 33 heteroatoms. The lowest BCUT2D eigenvalue weighted by Crippen LogP contribution is -2.38. The number of nitrogens with one attached hydrogen (secondary N) is 3. The molecule has 0 bridgehead atoms. The predicted octanol–water partition coefficient (Wildman–Crippen LogP) is -0.717. The summed E-state index contributed by atoms with van der Waals surface area (Å²) in [6.07, 6.45) is -3.24. The van der Waals surface area contributed by atoms with Gasteiger partial charge in [0.25, 0.3) is 5.56 Å². The molecule has 0 aromatic carbocycles. The molecular weight excluding hydrogens is 927 g/mol. The molecule has 2 rings (SSSR count). The first-order chi connectivity index (χ1) is 28.8. The average Bonchev–Trinajstić information content (AvgIpc) is 3.44. The van der Waals surface area contributed by atoms with Crippen molar-refractivity contribution in [1.29, 1.82) is 0 Å². The van der Waals surface area contributed by atoms with Gasteiger partial charge in [-0.15, -0.1) is 0 Å². The quantitative estimate of drug-likeness (QED) is 0.0105. The summed E-state index contributed by atoms with van der Waals surface area (Å²) in [6.45, 7) is 2.34. The molecule has 61 heavy (non-hydrogen) atoms. The third-order valence-corrected chi connectivity index (χ3v) is 13.3. The van der Waals surface area contributed by atoms with Crippen LogP contribution in [0.3, 0.4) is 0 Å². The van der Waals surface area contributed by atoms with Crippen LogP contribution in [0.5, 0.6) is 0 Å². The highest BCUT2D eigenvalue weighted by Crippen LogP contribution is 2.66. The van der Waals surface area contributed by atoms with E-state index in [1.807, 2.05) is 4.98 Å². The van der Waals surface area contributed by atoms with Crippen LogP contribution in [0.25, 0.3) is 16.5 Å². The van der Waals surface area contributed by atoms with E-state index in [4.69, 9.17) is 39.0 Å². The van der Waals surface area contributed by atoms with Crippen molar-refractivity contribution in [2.75, 3.05) is 90.6 Å². The summed E-state index contributed by atoms with van der Waals surface area (Å²) < 4.78 is 73.2. The summed E-state index contributed by atoms with van der Waals surface area (Å²) in [4.78, 5) is 89.9. The SMILES string of the molecule is [N-]=[N+]=NCCOCCOCCOCCOCCC(=O)NCCSSCCC(=O)NC/C=C/c1cn([C@@H]2O[C@H](COP(=O)(O)OP(=O)(O)OP(=O)(O)O)[C@@H](O)[C@H]2O)c(=O)[nH]c1=O. The zero-order chi connectivity index (χ0) is 45.3. The van der Waals surface area contributed by atoms with E-state index in [1.54, 1.807) is 0 Å². The van der Waals surface area contributed by atoms with Gasteiger partial charge in [-0.25, -0.2) is 18.5 Å². The minimum atomic E-state index is -5.83. The van der Waals surface area contributed by atoms with Crippen molar-refractivity contribution in [3.8, 4) is 0 Å². The molecule has 2 heterocycles. The minimum absolute atomic E-state index is 0.0169. The van der Waals surface area contributed by atoms with E-state index < -0.39 is 65.9 Å². The summed E-state index contributed by atoms with van der Waals surface area (Å²) in [6, 6.07) is 0. The highest BCUT2D eigenvalue weighted by Gasteiger charge is 2.47. The lowest BCUT2D eigenvalue weighted by molar-refractivity contribution is -0.122. The summed E-state index contributed by atoms with van der Waals surface area (Å²) >= 11 is 0. The van der Waals surface area contributed by atoms with Crippen LogP contribution in [0.15, 0.2) is 27.0 Å². The van der Waals surface area contributed by atoms with E-state index in [1.165, 1.54) is 33.7 Å². The number of phosphoric acid groups is 3. The zero-order valence-electron chi connectivity index (χ0n) is 32.1. The molecule has 1 aromatic heterocycles. The molecule has 0 aliphatic carbocycles. The fourth-order valence-electron chi connectivity index (χ4n) is 4.47. The number of ether oxygens (including phenoxy) is 5. The number of aromatic amines is 1. The molecule has 1 fully saturated rings. The van der Waals surface area contributed by atoms with Crippen LogP contribution < -0.4 is 21.9 Å². The average molecular weight is 976 g/mol. The van der Waals surface area contributed by atoms with Crippen molar-refractivity contribution in [2.24, 2.45) is 5.11 Å². The molecule has 28 nitrogen and oxygen atoms in total. The summed E-state index contributed by atoms with van der Waals surface area (Å²) in [5, 5.41) is 29.6. The molecule has 0 radical (unpaired) electrons. The van der Waals surface area contributed by atoms with Gasteiger partial charge in [0.1, 0.15) is 18.3 Å². The number of nitrogens with zero attached hydrogens (tertiary/aromatic N) is 4. The number of hydrogen-bond donors (Lipinski definition) is 9. The van der Waals surface area contributed by atoms with E-state index in [2.05, 4.69) is 33.8 Å². The third kappa shape index (κ3) is 24.2. The maximum atomic E-state index is 12.5. The second-order valence-corrected chi connectivity index (χ2v) is 18.9. The van der Waals surface area contributed by atoms with Crippen molar-refractivity contribution >= 4 is 62.9 Å². The van der Waals surface area contributed by atoms with Gasteiger partial charge in [0.15, 0.2) is 6.23 Å². The largest absolute Gasteiger partial charge is 0.490 e. The Bertz CT molecular complexity index is 1870. The number of hydrogen-bond acceptors (Lipinski definition) is 20. The Kier molecular flexibility index (Phi) is 26.0. The maximum Gasteiger partial charge on any atom is 0.490 e. The van der Waals surface area contributed by atoms with E-state index in [0.717, 1.165) is 6.20 Å². The molecule has 0 saturated carbocycles. The normalized spacial score (nSPS) is 19.9. The zero-order valence-corrected chi connectivity index (χ0v) is 36.4. The molecule has 9 N–H and O–H groups in total. The molecule has 2 amide bonds. The molecule has 0 spiro atoms. The van der Waals surface area contributed by atoms with E-state index in [0.29, 0.717) is 68.9 Å². The van der Waals surface area contributed by atoms with Crippen molar-refractivity contribution < 1.29 is 89.9 Å². The van der Waals surface area contributed by atoms with E-state index >= 15 is 0 Å². The van der Waals surface area contributed by atoms with Gasteiger partial charge in [0.2, 0.25) is 11.8 Å². The van der Waals surface area contributed by atoms with E-state index in [9.17, 15) is 52.9 Å². The van der Waals surface area contributed by atoms with Crippen LogP contribution in [-0.4, -0.2) is 160 Å². The number of amides is 2. The highest BCUT2D eigenvalue weighted by molar-refractivity contribution is 8.76. The lowest BCUT2D eigenvalue weighted by atomic mass is 10.1. The number of aromatic nitrogens is 2. The monoisotopic (exact) mass is 975 g/mol. The minimum Gasteiger partial charge on any atom is -0.387 e. The number of aliphatic hydroxyl groups is 2. The van der Waals surface area contributed by atoms with Crippen LogP contribution >= 0.6 is 45.1 Å². The fraction of sp³-hybridized carbons (Fsp3) is 0.714. The topological polar surface area (TPSA) is 408 Å². The molecule has 1 aliphatic rings. The van der Waals surface area contributed by atoms with Gasteiger partial charge < -0.3 is 64.1 Å². The van der Waals surface area contributed by atoms with Gasteiger partial charge in [-0.3, -0.25) is 28.5 Å². The predicted molar refractivity (Wildman–Crippen MR) is 214 cm³/mol. The first-order valence-electron chi connectivity index (χ1n) is 17.8. The lowest BCUT2D eigenvalue weighted by Gasteiger charge is -2.19. The molecule has 6 atom stereocenters. The van der Waals surface area contributed by atoms with Gasteiger partial charge >= 0.3 is 29.2 Å². The number of aliphatic hydroxyl groups excluding tert-OH is 2. The summed E-state index contributed by atoms with van der Waals surface area (Å²) in [5.41, 5.74) is 6.05. The fourth-order valence-corrected chi connectivity index (χ4v) is 9.40. The second-order valence-electron chi connectivity index (χ2n) is 11.8. The molecule has 1 aromatic rings. The number of azide groups is 1. The Labute approximate surface area is 354 Å². The number of phosphoric ester groups is 1. The first kappa shape index (κ1) is 54.6. The summed E-state index contributed by atoms with van der Waals surface area (Å²) in [7, 11) is -14.2. The van der Waals surface area contributed by atoms with Crippen LogP contribution in [0.2, 0.25) is 0 Å². The molecule has 1 saturated heterocycles. The third-order valence-electron chi connectivity index (χ3n) is 7.13. The van der Waals surface area contributed by atoms with Gasteiger partial charge in [-0.2, -0.15) is 8.62 Å². The van der Waals surface area contributed by atoms with Gasteiger partial charge in [-0.1, -0.05) is 38.9 Å². The number of carbonyl (C=O) groups excluding carboxylic acids is 2. The van der Waals surface area contributed by atoms with Crippen molar-refractivity contribution in [1.82, 2.24) is 20.2 Å². The molecule has 348 valence electrons. The Morgan fingerprint density at radius 1 is 0.869 bits per heavy atom. The maximum absolute atomic E-state index is 12.5. The standard InChI is InChI=1S/C28H48N7O21P3S2/c29-34-32-6-9-50-11-13-52-15-14-51-12-10-49-8-3-22(36)31-7-17-61-60-16-4-23(37)30-5-1-2-20-18-35(28(41)33-26(20)40)27-25(39)24(38)21(54-27)19-53-58(45,46)56-59(47,48)55-57(42,43)44/h1-2,18,21,24-25,27,38-39H,3-17,19H2,(H,30,37)(H,31,36)(H,45,46)(H,47,48)(H,33,40,41)(H2,42,43,44)/b2-1+/t21-,24-,25-,27-/m1/s1. The van der Waals surface area contributed by atoms with Crippen molar-refractivity contribution in [3.05, 3.63) is 49.1 Å². The molecular formula is C28H48N7O21P3S2. The summed E-state index contributed by atoms with van der Waals surface area (Å²) in [5.74, 6) is 0.595. The van der Waals surface area contributed by atoms with Crippen LogP contribution in [-0.2, 0) is 60.1 Å². The smallest absolute Gasteiger partial charge is 0.387 e. The first-order valence-corrected chi connectivity index (χ1v) is 24.8. The Morgan fingerprint density at radius 3 is 2.11 bits per heavy atom. The van der Waals surface area contributed by atoms with Gasteiger partial charge in [0, 0.05) is 55.1 Å². The van der Waals surface area contributed by atoms with Crippen LogP contribution in [0.4, 0.5) is 0 Å².